The zero-order chi connectivity index (χ0) is 14.6. The number of hydrogen-bond donors (Lipinski definition) is 2. The molecule has 0 spiro atoms. The molecule has 1 aromatic carbocycles. The van der Waals surface area contributed by atoms with Gasteiger partial charge in [-0.1, -0.05) is 15.9 Å². The molecule has 0 saturated heterocycles. The van der Waals surface area contributed by atoms with Crippen molar-refractivity contribution in [3.05, 3.63) is 28.5 Å². The summed E-state index contributed by atoms with van der Waals surface area (Å²) in [6.45, 7) is 0. The predicted octanol–water partition coefficient (Wildman–Crippen LogP) is 1.34. The van der Waals surface area contributed by atoms with Crippen LogP contribution in [0.4, 0.5) is 4.39 Å². The third-order valence-corrected chi connectivity index (χ3v) is 4.10. The van der Waals surface area contributed by atoms with Crippen molar-refractivity contribution in [1.29, 1.82) is 0 Å². The highest BCUT2D eigenvalue weighted by Crippen LogP contribution is 2.19. The van der Waals surface area contributed by atoms with Crippen molar-refractivity contribution in [3.63, 3.8) is 0 Å². The van der Waals surface area contributed by atoms with E-state index < -0.39 is 32.7 Å². The molecule has 1 rings (SSSR count). The Balaban J connectivity index is 3.11. The molecular formula is C11H9BrFNO4S. The Morgan fingerprint density at radius 1 is 1.58 bits per heavy atom. The lowest BCUT2D eigenvalue weighted by molar-refractivity contribution is -0.138. The van der Waals surface area contributed by atoms with Crippen LogP contribution in [0.15, 0.2) is 27.6 Å². The first-order valence-electron chi connectivity index (χ1n) is 4.91. The molecule has 2 N–H and O–H groups in total. The molecule has 0 aromatic heterocycles. The molecule has 8 heteroatoms. The Morgan fingerprint density at radius 2 is 2.21 bits per heavy atom. The van der Waals surface area contributed by atoms with Crippen molar-refractivity contribution in [3.8, 4) is 12.3 Å². The summed E-state index contributed by atoms with van der Waals surface area (Å²) in [6, 6.07) is 1.81. The van der Waals surface area contributed by atoms with Gasteiger partial charge in [0.05, 0.1) is 0 Å². The monoisotopic (exact) mass is 349 g/mol. The Labute approximate surface area is 118 Å². The van der Waals surface area contributed by atoms with E-state index >= 15 is 0 Å². The first-order valence-corrected chi connectivity index (χ1v) is 7.19. The Bertz CT molecular complexity index is 639. The first kappa shape index (κ1) is 15.6. The molecule has 0 amide bonds. The van der Waals surface area contributed by atoms with Gasteiger partial charge in [-0.05, 0) is 18.2 Å². The first-order chi connectivity index (χ1) is 8.77. The standard InChI is InChI=1S/C11H9BrFNO4S/c1-2-3-9(11(15)16)14-19(17,18)10-5-4-7(12)6-8(10)13/h1,4-6,9,14H,3H2,(H,15,16). The Morgan fingerprint density at radius 3 is 2.68 bits per heavy atom. The van der Waals surface area contributed by atoms with Crippen molar-refractivity contribution in [1.82, 2.24) is 4.72 Å². The fourth-order valence-corrected chi connectivity index (χ4v) is 2.82. The third-order valence-electron chi connectivity index (χ3n) is 2.10. The average Bonchev–Trinajstić information content (AvgIpc) is 2.27. The number of sulfonamides is 1. The molecule has 102 valence electrons. The van der Waals surface area contributed by atoms with Crippen molar-refractivity contribution in [2.75, 3.05) is 0 Å². The van der Waals surface area contributed by atoms with Gasteiger partial charge in [0.1, 0.15) is 16.8 Å². The quantitative estimate of drug-likeness (QED) is 0.786. The van der Waals surface area contributed by atoms with Crippen LogP contribution in [-0.2, 0) is 14.8 Å². The maximum atomic E-state index is 13.5. The molecule has 0 radical (unpaired) electrons. The smallest absolute Gasteiger partial charge is 0.322 e. The molecule has 19 heavy (non-hydrogen) atoms. The maximum absolute atomic E-state index is 13.5. The summed E-state index contributed by atoms with van der Waals surface area (Å²) in [5.41, 5.74) is 0. The number of terminal acetylenes is 1. The van der Waals surface area contributed by atoms with E-state index in [1.807, 2.05) is 10.6 Å². The van der Waals surface area contributed by atoms with E-state index in [1.54, 1.807) is 0 Å². The van der Waals surface area contributed by atoms with Gasteiger partial charge >= 0.3 is 5.97 Å². The molecular weight excluding hydrogens is 341 g/mol. The number of rotatable bonds is 5. The summed E-state index contributed by atoms with van der Waals surface area (Å²) in [4.78, 5) is 10.2. The molecule has 0 heterocycles. The van der Waals surface area contributed by atoms with Gasteiger partial charge in [-0.15, -0.1) is 12.3 Å². The van der Waals surface area contributed by atoms with Crippen LogP contribution in [0.1, 0.15) is 6.42 Å². The fourth-order valence-electron chi connectivity index (χ4n) is 1.24. The van der Waals surface area contributed by atoms with Crippen LogP contribution in [0.25, 0.3) is 0 Å². The second-order valence-electron chi connectivity index (χ2n) is 3.50. The summed E-state index contributed by atoms with van der Waals surface area (Å²) >= 11 is 2.99. The molecule has 5 nitrogen and oxygen atoms in total. The number of carboxylic acid groups (broad SMARTS) is 1. The van der Waals surface area contributed by atoms with E-state index in [0.29, 0.717) is 4.47 Å². The van der Waals surface area contributed by atoms with Gasteiger partial charge in [-0.25, -0.2) is 12.8 Å². The van der Waals surface area contributed by atoms with Gasteiger partial charge < -0.3 is 5.11 Å². The zero-order valence-electron chi connectivity index (χ0n) is 9.43. The number of hydrogen-bond acceptors (Lipinski definition) is 3. The summed E-state index contributed by atoms with van der Waals surface area (Å²) in [5.74, 6) is -0.387. The van der Waals surface area contributed by atoms with Crippen LogP contribution in [0, 0.1) is 18.2 Å². The van der Waals surface area contributed by atoms with Gasteiger partial charge in [0.25, 0.3) is 0 Å². The van der Waals surface area contributed by atoms with Crippen molar-refractivity contribution < 1.29 is 22.7 Å². The third kappa shape index (κ3) is 4.02. The van der Waals surface area contributed by atoms with E-state index in [2.05, 4.69) is 15.9 Å². The molecule has 0 aliphatic carbocycles. The average molecular weight is 350 g/mol. The minimum Gasteiger partial charge on any atom is -0.480 e. The highest BCUT2D eigenvalue weighted by Gasteiger charge is 2.26. The topological polar surface area (TPSA) is 83.5 Å². The van der Waals surface area contributed by atoms with Crippen LogP contribution in [-0.4, -0.2) is 25.5 Å². The molecule has 0 aliphatic rings. The molecule has 0 bridgehead atoms. The largest absolute Gasteiger partial charge is 0.480 e. The van der Waals surface area contributed by atoms with Crippen molar-refractivity contribution in [2.45, 2.75) is 17.4 Å². The van der Waals surface area contributed by atoms with Crippen molar-refractivity contribution in [2.24, 2.45) is 0 Å². The lowest BCUT2D eigenvalue weighted by atomic mass is 10.2. The molecule has 0 fully saturated rings. The molecule has 1 atom stereocenters. The van der Waals surface area contributed by atoms with Crippen LogP contribution in [0.2, 0.25) is 0 Å². The normalized spacial score (nSPS) is 12.7. The molecule has 1 unspecified atom stereocenters. The lowest BCUT2D eigenvalue weighted by Crippen LogP contribution is -2.40. The predicted molar refractivity (Wildman–Crippen MR) is 69.3 cm³/mol. The second-order valence-corrected chi connectivity index (χ2v) is 6.09. The van der Waals surface area contributed by atoms with E-state index in [4.69, 9.17) is 11.5 Å². The highest BCUT2D eigenvalue weighted by atomic mass is 79.9. The van der Waals surface area contributed by atoms with Gasteiger partial charge in [0.2, 0.25) is 10.0 Å². The summed E-state index contributed by atoms with van der Waals surface area (Å²) in [7, 11) is -4.30. The van der Waals surface area contributed by atoms with E-state index in [0.717, 1.165) is 12.1 Å². The summed E-state index contributed by atoms with van der Waals surface area (Å²) < 4.78 is 39.5. The molecule has 0 saturated carbocycles. The number of carbonyl (C=O) groups is 1. The Hall–Kier alpha value is -1.43. The number of aliphatic carboxylic acids is 1. The van der Waals surface area contributed by atoms with Gasteiger partial charge in [-0.3, -0.25) is 4.79 Å². The maximum Gasteiger partial charge on any atom is 0.322 e. The fraction of sp³-hybridized carbons (Fsp3) is 0.182. The molecule has 0 aliphatic heterocycles. The van der Waals surface area contributed by atoms with Gasteiger partial charge in [0.15, 0.2) is 0 Å². The second kappa shape index (κ2) is 6.14. The van der Waals surface area contributed by atoms with E-state index in [1.165, 1.54) is 6.07 Å². The SMILES string of the molecule is C#CCC(NS(=O)(=O)c1ccc(Br)cc1F)C(=O)O. The summed E-state index contributed by atoms with van der Waals surface area (Å²) in [5, 5.41) is 8.80. The van der Waals surface area contributed by atoms with Crippen LogP contribution >= 0.6 is 15.9 Å². The minimum atomic E-state index is -4.30. The number of carboxylic acids is 1. The highest BCUT2D eigenvalue weighted by molar-refractivity contribution is 9.10. The molecule has 1 aromatic rings. The number of nitrogens with one attached hydrogen (secondary N) is 1. The Kier molecular flexibility index (Phi) is 5.05. The van der Waals surface area contributed by atoms with Crippen LogP contribution in [0.3, 0.4) is 0 Å². The minimum absolute atomic E-state index is 0.341. The number of benzene rings is 1. The van der Waals surface area contributed by atoms with Gasteiger partial charge in [0, 0.05) is 10.9 Å². The van der Waals surface area contributed by atoms with E-state index in [9.17, 15) is 17.6 Å². The van der Waals surface area contributed by atoms with Crippen LogP contribution < -0.4 is 4.72 Å². The zero-order valence-corrected chi connectivity index (χ0v) is 11.8. The van der Waals surface area contributed by atoms with Crippen molar-refractivity contribution >= 4 is 31.9 Å². The number of halogens is 2. The summed E-state index contributed by atoms with van der Waals surface area (Å²) in [6.07, 6.45) is 4.61. The van der Waals surface area contributed by atoms with Crippen LogP contribution in [0.5, 0.6) is 0 Å². The van der Waals surface area contributed by atoms with E-state index in [-0.39, 0.29) is 6.42 Å². The van der Waals surface area contributed by atoms with Gasteiger partial charge in [-0.2, -0.15) is 4.72 Å². The lowest BCUT2D eigenvalue weighted by Gasteiger charge is -2.12.